The van der Waals surface area contributed by atoms with Crippen LogP contribution in [0.4, 0.5) is 0 Å². The van der Waals surface area contributed by atoms with Crippen molar-refractivity contribution in [3.63, 3.8) is 0 Å². The molecule has 14 aromatic heterocycles. The van der Waals surface area contributed by atoms with Gasteiger partial charge in [-0.25, -0.2) is 0 Å². The minimum atomic E-state index is -1.81. The fourth-order valence-electron chi connectivity index (χ4n) is 19.7. The molecular weight excluding hydrogens is 1810 g/mol. The number of aryl methyl sites for hydroxylation is 4. The molecule has 636 valence electrons. The van der Waals surface area contributed by atoms with Crippen molar-refractivity contribution in [1.82, 2.24) is 0 Å². The molecule has 18 heteroatoms. The van der Waals surface area contributed by atoms with Crippen LogP contribution in [0, 0.1) is 73.6 Å². The molecular formula is C104H120S14Si4. The van der Waals surface area contributed by atoms with E-state index in [9.17, 15) is 0 Å². The molecule has 0 saturated carbocycles. The van der Waals surface area contributed by atoms with Gasteiger partial charge in [0.1, 0.15) is 32.3 Å². The maximum Gasteiger partial charge on any atom is 0.146 e. The van der Waals surface area contributed by atoms with Crippen LogP contribution in [-0.2, 0) is 0 Å². The van der Waals surface area contributed by atoms with Crippen molar-refractivity contribution in [3.05, 3.63) is 185 Å². The van der Waals surface area contributed by atoms with Gasteiger partial charge in [0.15, 0.2) is 0 Å². The lowest BCUT2D eigenvalue weighted by Gasteiger charge is -2.38. The van der Waals surface area contributed by atoms with E-state index in [0.717, 1.165) is 0 Å². The van der Waals surface area contributed by atoms with Crippen molar-refractivity contribution in [2.75, 3.05) is 0 Å². The first kappa shape index (κ1) is 94.5. The van der Waals surface area contributed by atoms with Crippen LogP contribution < -0.4 is 0 Å². The van der Waals surface area contributed by atoms with Gasteiger partial charge in [-0.1, -0.05) is 190 Å². The van der Waals surface area contributed by atoms with E-state index in [4.69, 9.17) is 0 Å². The summed E-state index contributed by atoms with van der Waals surface area (Å²) in [5, 5.41) is 0. The molecule has 0 saturated heterocycles. The first-order valence-electron chi connectivity index (χ1n) is 43.5. The molecule has 0 unspecified atom stereocenters. The second kappa shape index (κ2) is 39.5. The molecule has 0 nitrogen and oxygen atoms in total. The third-order valence-electron chi connectivity index (χ3n) is 25.5. The number of hydrogen-bond donors (Lipinski definition) is 0. The van der Waals surface area contributed by atoms with Gasteiger partial charge in [-0.05, 0) is 240 Å². The first-order valence-corrected chi connectivity index (χ1v) is 63.8. The lowest BCUT2D eigenvalue weighted by atomic mass is 10.1. The molecule has 0 bridgehead atoms. The highest BCUT2D eigenvalue weighted by atomic mass is 32.2. The summed E-state index contributed by atoms with van der Waals surface area (Å²) in [4.78, 5) is 36.8. The highest BCUT2D eigenvalue weighted by molar-refractivity contribution is 7.31. The summed E-state index contributed by atoms with van der Waals surface area (Å²) < 4.78 is 0. The largest absolute Gasteiger partial charge is 0.146 e. The molecule has 14 heterocycles. The smallest absolute Gasteiger partial charge is 0.140 e. The zero-order valence-electron chi connectivity index (χ0n) is 76.5. The molecule has 0 fully saturated rings. The molecule has 0 spiro atoms. The van der Waals surface area contributed by atoms with Gasteiger partial charge in [-0.2, -0.15) is 0 Å². The van der Waals surface area contributed by atoms with Gasteiger partial charge >= 0.3 is 0 Å². The molecule has 0 aliphatic carbocycles. The second-order valence-electron chi connectivity index (χ2n) is 36.6. The Morgan fingerprint density at radius 1 is 0.172 bits per heavy atom. The number of rotatable bonds is 24. The van der Waals surface area contributed by atoms with Crippen LogP contribution in [-0.4, -0.2) is 32.3 Å². The van der Waals surface area contributed by atoms with Crippen LogP contribution in [0.25, 0.3) is 120 Å². The Balaban J connectivity index is 0.000000213. The Hall–Kier alpha value is -5.09. The van der Waals surface area contributed by atoms with Gasteiger partial charge < -0.3 is 0 Å². The van der Waals surface area contributed by atoms with Crippen molar-refractivity contribution < 1.29 is 0 Å². The van der Waals surface area contributed by atoms with E-state index in [2.05, 4.69) is 385 Å². The van der Waals surface area contributed by atoms with Crippen molar-refractivity contribution in [3.8, 4) is 166 Å². The zero-order chi connectivity index (χ0) is 87.9. The average Bonchev–Trinajstić information content (AvgIpc) is 1.61. The summed E-state index contributed by atoms with van der Waals surface area (Å²) in [6, 6.07) is 55.7. The minimum absolute atomic E-state index is 0.620. The highest BCUT2D eigenvalue weighted by Crippen LogP contribution is 2.57. The van der Waals surface area contributed by atoms with E-state index in [1.165, 1.54) is 159 Å². The van der Waals surface area contributed by atoms with Crippen LogP contribution in [0.2, 0.25) is 66.5 Å². The van der Waals surface area contributed by atoms with Crippen molar-refractivity contribution in [2.45, 2.75) is 260 Å². The topological polar surface area (TPSA) is 0 Å². The van der Waals surface area contributed by atoms with Crippen molar-refractivity contribution in [2.24, 2.45) is 0 Å². The van der Waals surface area contributed by atoms with Crippen molar-refractivity contribution >= 4 is 191 Å². The Morgan fingerprint density at radius 2 is 0.352 bits per heavy atom. The van der Waals surface area contributed by atoms with Crippen LogP contribution >= 0.6 is 159 Å². The maximum atomic E-state index is 3.96. The third kappa shape index (κ3) is 19.4. The quantitative estimate of drug-likeness (QED) is 0.0418. The third-order valence-corrected chi connectivity index (χ3v) is 67.0. The standard InChI is InChI=1S/C56H62S8Si2.C48H58S6Si2/c1-33(2)65(34(3)4,35(5)6)29-27-41-16-19-48(59-41)51-23-21-45(61-51)43-31-40(14)58-55(43)56-44(32-54(64-56)53-26-25-50(63-53)47-18-15-39(13)57-47)46-22-24-52(62-46)49-20-17-42(60-49)28-30-66(36(7)8,37(9)10)38(11)12;1-29(2)55(30(3)4,31(5)6)25-23-37-15-17-43(51-37)45-21-19-41(53-45)39-27-35(13)49-47(39)48-40(28-36(14)50-48)42-20-22-46(54-42)44-18-16-38(52-44)24-26-56(32(7)8,33(9)10)34(11)12/h15-26,31-38H,1-14H3;15-22,27-34H,1-14H3. The molecule has 0 radical (unpaired) electrons. The van der Waals surface area contributed by atoms with Gasteiger partial charge in [0.05, 0.1) is 39.0 Å². The number of thiophene rings is 14. The highest BCUT2D eigenvalue weighted by Gasteiger charge is 2.45. The summed E-state index contributed by atoms with van der Waals surface area (Å²) in [7, 11) is -7.16. The van der Waals surface area contributed by atoms with Crippen LogP contribution in [0.1, 0.15) is 205 Å². The minimum Gasteiger partial charge on any atom is -0.140 e. The number of hydrogen-bond acceptors (Lipinski definition) is 14. The second-order valence-corrected chi connectivity index (χ2v) is 74.8. The van der Waals surface area contributed by atoms with E-state index >= 15 is 0 Å². The Labute approximate surface area is 792 Å². The predicted molar refractivity (Wildman–Crippen MR) is 579 cm³/mol. The summed E-state index contributed by atoms with van der Waals surface area (Å²) in [6.07, 6.45) is 0. The van der Waals surface area contributed by atoms with Crippen LogP contribution in [0.3, 0.4) is 0 Å². The van der Waals surface area contributed by atoms with E-state index < -0.39 is 32.3 Å². The van der Waals surface area contributed by atoms with Crippen LogP contribution in [0.15, 0.2) is 146 Å². The first-order chi connectivity index (χ1) is 57.9. The summed E-state index contributed by atoms with van der Waals surface area (Å²) in [5.41, 5.74) is 28.7. The SMILES string of the molecule is Cc1cc(-c2ccc(-c3ccc(C#C[Si](C(C)C)(C(C)C)C(C)C)s3)s2)c(-c2sc(C)cc2-c2ccc(-c3ccc(C#C[Si](C(C)C)(C(C)C)C(C)C)s3)s2)s1.Cc1ccc(-c2ccc(-c3cc(-c4ccc(-c5ccc(C#C[Si](C(C)C)(C(C)C)C(C)C)s5)s4)c(-c4sc(C)cc4-c4ccc(-c5ccc(C#C[Si](C(C)C)(C(C)C)C(C)C)s5)s4)s3)s2)s1. The fourth-order valence-corrected chi connectivity index (χ4v) is 55.7. The van der Waals surface area contributed by atoms with E-state index in [1.807, 2.05) is 159 Å². The maximum absolute atomic E-state index is 3.96. The summed E-state index contributed by atoms with van der Waals surface area (Å²) in [5.74, 6) is 14.8. The van der Waals surface area contributed by atoms with Gasteiger partial charge in [0, 0.05) is 120 Å². The molecule has 0 aromatic carbocycles. The molecule has 0 N–H and O–H groups in total. The van der Waals surface area contributed by atoms with Crippen LogP contribution in [0.5, 0.6) is 0 Å². The molecule has 122 heavy (non-hydrogen) atoms. The normalized spacial score (nSPS) is 12.4. The molecule has 0 atom stereocenters. The molecule has 14 aromatic rings. The molecule has 0 aliphatic rings. The average molecular weight is 1930 g/mol. The van der Waals surface area contributed by atoms with E-state index in [1.54, 1.807) is 0 Å². The monoisotopic (exact) mass is 1930 g/mol. The summed E-state index contributed by atoms with van der Waals surface area (Å²) in [6.45, 7) is 66.4. The van der Waals surface area contributed by atoms with Gasteiger partial charge in [0.2, 0.25) is 0 Å². The Bertz CT molecular complexity index is 5970. The predicted octanol–water partition coefficient (Wildman–Crippen LogP) is 39.7. The lowest BCUT2D eigenvalue weighted by molar-refractivity contribution is 0.838. The molecule has 0 amide bonds. The molecule has 14 rings (SSSR count). The fraction of sp³-hybridized carbons (Fsp3) is 0.385. The van der Waals surface area contributed by atoms with Gasteiger partial charge in [-0.3, -0.25) is 0 Å². The zero-order valence-corrected chi connectivity index (χ0v) is 91.9. The molecule has 0 aliphatic heterocycles. The Kier molecular flexibility index (Phi) is 30.6. The van der Waals surface area contributed by atoms with Gasteiger partial charge in [-0.15, -0.1) is 181 Å². The summed E-state index contributed by atoms with van der Waals surface area (Å²) >= 11 is 26.6. The lowest BCUT2D eigenvalue weighted by Crippen LogP contribution is -2.43. The van der Waals surface area contributed by atoms with E-state index in [-0.39, 0.29) is 0 Å². The van der Waals surface area contributed by atoms with Gasteiger partial charge in [0.25, 0.3) is 0 Å². The Morgan fingerprint density at radius 3 is 0.582 bits per heavy atom. The van der Waals surface area contributed by atoms with Crippen molar-refractivity contribution in [1.29, 1.82) is 0 Å². The van der Waals surface area contributed by atoms with E-state index in [0.29, 0.717) is 66.5 Å².